The lowest BCUT2D eigenvalue weighted by molar-refractivity contribution is 0.358. The van der Waals surface area contributed by atoms with Crippen molar-refractivity contribution < 1.29 is 0 Å². The molecule has 0 heterocycles. The highest BCUT2D eigenvalue weighted by molar-refractivity contribution is 9.09. The quantitative estimate of drug-likeness (QED) is 0.478. The molecule has 90 valence electrons. The van der Waals surface area contributed by atoms with E-state index in [1.54, 1.807) is 0 Å². The number of halogens is 1. The minimum Gasteiger partial charge on any atom is -0.0839 e. The normalized spacial score (nSPS) is 13.8. The maximum absolute atomic E-state index is 3.77. The minimum atomic E-state index is 0.481. The summed E-state index contributed by atoms with van der Waals surface area (Å²) < 4.78 is 0. The molecule has 0 fully saturated rings. The number of benzene rings is 1. The first-order valence-electron chi connectivity index (χ1n) is 6.18. The highest BCUT2D eigenvalue weighted by Gasteiger charge is 2.11. The van der Waals surface area contributed by atoms with Crippen LogP contribution in [-0.2, 0) is 0 Å². The van der Waals surface area contributed by atoms with Crippen molar-refractivity contribution in [2.75, 3.05) is 0 Å². The number of hydrogen-bond donors (Lipinski definition) is 0. The van der Waals surface area contributed by atoms with Crippen molar-refractivity contribution in [1.29, 1.82) is 0 Å². The van der Waals surface area contributed by atoms with Gasteiger partial charge < -0.3 is 0 Å². The van der Waals surface area contributed by atoms with Gasteiger partial charge in [0.15, 0.2) is 0 Å². The highest BCUT2D eigenvalue weighted by atomic mass is 79.9. The maximum atomic E-state index is 3.77. The maximum Gasteiger partial charge on any atom is 0.0395 e. The third kappa shape index (κ3) is 5.69. The van der Waals surface area contributed by atoms with Crippen LogP contribution < -0.4 is 0 Å². The molecule has 1 rings (SSSR count). The lowest BCUT2D eigenvalue weighted by atomic mass is 9.89. The Morgan fingerprint density at radius 1 is 1.06 bits per heavy atom. The molecule has 0 aliphatic rings. The summed E-state index contributed by atoms with van der Waals surface area (Å²) in [5.74, 6) is 0. The third-order valence-corrected chi connectivity index (χ3v) is 3.78. The van der Waals surface area contributed by atoms with Crippen molar-refractivity contribution in [2.24, 2.45) is 5.41 Å². The second kappa shape index (κ2) is 6.44. The molecule has 0 saturated carbocycles. The van der Waals surface area contributed by atoms with E-state index in [2.05, 4.69) is 67.0 Å². The molecule has 0 amide bonds. The average Bonchev–Trinajstić information content (AvgIpc) is 2.24. The van der Waals surface area contributed by atoms with Crippen molar-refractivity contribution in [1.82, 2.24) is 0 Å². The number of alkyl halides is 1. The van der Waals surface area contributed by atoms with Crippen molar-refractivity contribution >= 4 is 15.9 Å². The van der Waals surface area contributed by atoms with Crippen LogP contribution in [0.3, 0.4) is 0 Å². The van der Waals surface area contributed by atoms with Gasteiger partial charge in [-0.05, 0) is 23.8 Å². The Morgan fingerprint density at radius 3 is 2.25 bits per heavy atom. The molecule has 0 saturated heterocycles. The van der Waals surface area contributed by atoms with Gasteiger partial charge >= 0.3 is 0 Å². The average molecular weight is 283 g/mol. The Bertz CT molecular complexity index is 284. The molecule has 0 N–H and O–H groups in total. The zero-order chi connectivity index (χ0) is 12.0. The van der Waals surface area contributed by atoms with Gasteiger partial charge in [-0.3, -0.25) is 0 Å². The van der Waals surface area contributed by atoms with E-state index in [-0.39, 0.29) is 0 Å². The Kier molecular flexibility index (Phi) is 5.54. The van der Waals surface area contributed by atoms with Crippen molar-refractivity contribution in [3.05, 3.63) is 35.9 Å². The second-order valence-electron chi connectivity index (χ2n) is 5.68. The van der Waals surface area contributed by atoms with Crippen molar-refractivity contribution in [2.45, 2.75) is 51.3 Å². The Balaban J connectivity index is 2.24. The molecule has 0 aromatic heterocycles. The molecule has 0 spiro atoms. The Hall–Kier alpha value is -0.300. The topological polar surface area (TPSA) is 0 Å². The van der Waals surface area contributed by atoms with Crippen LogP contribution in [0.15, 0.2) is 30.3 Å². The van der Waals surface area contributed by atoms with Gasteiger partial charge in [0.1, 0.15) is 0 Å². The van der Waals surface area contributed by atoms with E-state index in [0.29, 0.717) is 10.2 Å². The summed E-state index contributed by atoms with van der Waals surface area (Å²) in [6, 6.07) is 10.7. The molecule has 1 aromatic carbocycles. The number of rotatable bonds is 5. The van der Waals surface area contributed by atoms with Crippen LogP contribution in [0.5, 0.6) is 0 Å². The van der Waals surface area contributed by atoms with E-state index in [1.165, 1.54) is 31.2 Å². The van der Waals surface area contributed by atoms with Gasteiger partial charge in [-0.25, -0.2) is 0 Å². The molecule has 1 aromatic rings. The first kappa shape index (κ1) is 13.8. The summed E-state index contributed by atoms with van der Waals surface area (Å²) in [6.07, 6.45) is 5.20. The van der Waals surface area contributed by atoms with E-state index >= 15 is 0 Å². The minimum absolute atomic E-state index is 0.481. The predicted octanol–water partition coefficient (Wildman–Crippen LogP) is 5.73. The molecule has 0 aliphatic carbocycles. The fourth-order valence-electron chi connectivity index (χ4n) is 1.81. The van der Waals surface area contributed by atoms with Crippen molar-refractivity contribution in [3.8, 4) is 0 Å². The van der Waals surface area contributed by atoms with Gasteiger partial charge in [-0.2, -0.15) is 0 Å². The molecule has 1 unspecified atom stereocenters. The standard InChI is InChI=1S/C15H23Br/c1-15(2,3)12-8-7-11-14(16)13-9-5-4-6-10-13/h4-6,9-10,14H,7-8,11-12H2,1-3H3. The molecule has 1 heteroatoms. The van der Waals surface area contributed by atoms with E-state index in [1.807, 2.05) is 0 Å². The van der Waals surface area contributed by atoms with Crippen LogP contribution >= 0.6 is 15.9 Å². The number of hydrogen-bond acceptors (Lipinski definition) is 0. The zero-order valence-corrected chi connectivity index (χ0v) is 12.3. The van der Waals surface area contributed by atoms with Crippen LogP contribution in [0.1, 0.15) is 56.8 Å². The van der Waals surface area contributed by atoms with Gasteiger partial charge in [0.2, 0.25) is 0 Å². The Morgan fingerprint density at radius 2 is 1.69 bits per heavy atom. The summed E-state index contributed by atoms with van der Waals surface area (Å²) in [5.41, 5.74) is 1.88. The third-order valence-electron chi connectivity index (χ3n) is 2.80. The van der Waals surface area contributed by atoms with Gasteiger partial charge in [-0.1, -0.05) is 79.9 Å². The molecular formula is C15H23Br. The van der Waals surface area contributed by atoms with E-state index in [9.17, 15) is 0 Å². The summed E-state index contributed by atoms with van der Waals surface area (Å²) in [7, 11) is 0. The van der Waals surface area contributed by atoms with Gasteiger partial charge in [0, 0.05) is 4.83 Å². The fraction of sp³-hybridized carbons (Fsp3) is 0.600. The summed E-state index contributed by atoms with van der Waals surface area (Å²) in [4.78, 5) is 0.522. The first-order chi connectivity index (χ1) is 7.49. The first-order valence-corrected chi connectivity index (χ1v) is 7.10. The lowest BCUT2D eigenvalue weighted by Crippen LogP contribution is -2.04. The van der Waals surface area contributed by atoms with E-state index < -0.39 is 0 Å². The lowest BCUT2D eigenvalue weighted by Gasteiger charge is -2.18. The summed E-state index contributed by atoms with van der Waals surface area (Å²) in [6.45, 7) is 6.95. The van der Waals surface area contributed by atoms with Gasteiger partial charge in [-0.15, -0.1) is 0 Å². The highest BCUT2D eigenvalue weighted by Crippen LogP contribution is 2.30. The summed E-state index contributed by atoms with van der Waals surface area (Å²) >= 11 is 3.77. The zero-order valence-electron chi connectivity index (χ0n) is 10.7. The molecular weight excluding hydrogens is 260 g/mol. The second-order valence-corrected chi connectivity index (χ2v) is 6.79. The SMILES string of the molecule is CC(C)(C)CCCCC(Br)c1ccccc1. The molecule has 0 bridgehead atoms. The summed E-state index contributed by atoms with van der Waals surface area (Å²) in [5, 5.41) is 0. The van der Waals surface area contributed by atoms with Gasteiger partial charge in [0.25, 0.3) is 0 Å². The molecule has 0 radical (unpaired) electrons. The fourth-order valence-corrected chi connectivity index (χ4v) is 2.44. The predicted molar refractivity (Wildman–Crippen MR) is 76.0 cm³/mol. The van der Waals surface area contributed by atoms with Crippen LogP contribution in [0, 0.1) is 5.41 Å². The Labute approximate surface area is 109 Å². The molecule has 16 heavy (non-hydrogen) atoms. The monoisotopic (exact) mass is 282 g/mol. The largest absolute Gasteiger partial charge is 0.0839 e. The van der Waals surface area contributed by atoms with Crippen LogP contribution in [0.4, 0.5) is 0 Å². The molecule has 0 aliphatic heterocycles. The van der Waals surface area contributed by atoms with E-state index in [4.69, 9.17) is 0 Å². The van der Waals surface area contributed by atoms with Crippen LogP contribution in [-0.4, -0.2) is 0 Å². The number of unbranched alkanes of at least 4 members (excludes halogenated alkanes) is 1. The molecule has 0 nitrogen and oxygen atoms in total. The van der Waals surface area contributed by atoms with Crippen LogP contribution in [0.25, 0.3) is 0 Å². The van der Waals surface area contributed by atoms with Crippen molar-refractivity contribution in [3.63, 3.8) is 0 Å². The van der Waals surface area contributed by atoms with Gasteiger partial charge in [0.05, 0.1) is 0 Å². The van der Waals surface area contributed by atoms with Crippen LogP contribution in [0.2, 0.25) is 0 Å². The van der Waals surface area contributed by atoms with E-state index in [0.717, 1.165) is 0 Å². The molecule has 1 atom stereocenters. The smallest absolute Gasteiger partial charge is 0.0395 e.